The fourth-order valence-electron chi connectivity index (χ4n) is 2.32. The fourth-order valence-corrected chi connectivity index (χ4v) is 2.32. The zero-order chi connectivity index (χ0) is 18.8. The second-order valence-electron chi connectivity index (χ2n) is 5.41. The van der Waals surface area contributed by atoms with Crippen LogP contribution in [0.4, 0.5) is 0 Å². The number of ketones is 1. The van der Waals surface area contributed by atoms with E-state index < -0.39 is 0 Å². The summed E-state index contributed by atoms with van der Waals surface area (Å²) in [4.78, 5) is 12.4. The predicted octanol–water partition coefficient (Wildman–Crippen LogP) is 4.02. The van der Waals surface area contributed by atoms with Crippen LogP contribution in [0.2, 0.25) is 0 Å². The molecule has 0 aromatic heterocycles. The molecule has 0 saturated carbocycles. The van der Waals surface area contributed by atoms with Crippen LogP contribution in [0.25, 0.3) is 6.08 Å². The van der Waals surface area contributed by atoms with Crippen molar-refractivity contribution in [3.8, 4) is 17.2 Å². The van der Waals surface area contributed by atoms with E-state index in [-0.39, 0.29) is 5.78 Å². The van der Waals surface area contributed by atoms with Crippen LogP contribution in [0.5, 0.6) is 17.2 Å². The maximum atomic E-state index is 12.4. The monoisotopic (exact) mass is 356 g/mol. The molecule has 2 rings (SSSR count). The van der Waals surface area contributed by atoms with E-state index in [4.69, 9.17) is 18.9 Å². The number of allylic oxidation sites excluding steroid dienone is 1. The normalized spacial score (nSPS) is 10.7. The van der Waals surface area contributed by atoms with Crippen LogP contribution in [-0.2, 0) is 4.74 Å². The summed E-state index contributed by atoms with van der Waals surface area (Å²) in [5.41, 5.74) is 1.42. The summed E-state index contributed by atoms with van der Waals surface area (Å²) in [7, 11) is 3.15. The van der Waals surface area contributed by atoms with Crippen LogP contribution in [0, 0.1) is 0 Å². The lowest BCUT2D eigenvalue weighted by Crippen LogP contribution is -2.06. The molecule has 0 saturated heterocycles. The molecule has 26 heavy (non-hydrogen) atoms. The van der Waals surface area contributed by atoms with Gasteiger partial charge in [-0.3, -0.25) is 4.79 Å². The average Bonchev–Trinajstić information content (AvgIpc) is 2.67. The number of carbonyl (C=O) groups excluding carboxylic acids is 1. The zero-order valence-electron chi connectivity index (χ0n) is 15.4. The Bertz CT molecular complexity index is 752. The Hall–Kier alpha value is -2.79. The van der Waals surface area contributed by atoms with Gasteiger partial charge in [0, 0.05) is 12.7 Å². The van der Waals surface area contributed by atoms with Crippen LogP contribution < -0.4 is 14.2 Å². The van der Waals surface area contributed by atoms with Crippen LogP contribution in [0.15, 0.2) is 48.5 Å². The van der Waals surface area contributed by atoms with Gasteiger partial charge in [0.25, 0.3) is 0 Å². The second kappa shape index (κ2) is 10.3. The highest BCUT2D eigenvalue weighted by Gasteiger charge is 2.09. The van der Waals surface area contributed by atoms with Crippen LogP contribution in [0.1, 0.15) is 22.8 Å². The van der Waals surface area contributed by atoms with Crippen LogP contribution >= 0.6 is 0 Å². The zero-order valence-corrected chi connectivity index (χ0v) is 15.4. The Morgan fingerprint density at radius 1 is 1.00 bits per heavy atom. The van der Waals surface area contributed by atoms with Crippen molar-refractivity contribution in [2.45, 2.75) is 6.92 Å². The number of benzene rings is 2. The third kappa shape index (κ3) is 5.63. The standard InChI is InChI=1S/C21H24O5/c1-4-25-18-7-5-6-16(14-18)8-10-19(22)17-9-11-20(21(15-17)24-3)26-13-12-23-2/h5-11,14-15H,4,12-13H2,1-3H3. The van der Waals surface area contributed by atoms with Gasteiger partial charge in [-0.15, -0.1) is 0 Å². The minimum absolute atomic E-state index is 0.117. The van der Waals surface area contributed by atoms with E-state index in [1.807, 2.05) is 31.2 Å². The average molecular weight is 356 g/mol. The highest BCUT2D eigenvalue weighted by atomic mass is 16.5. The van der Waals surface area contributed by atoms with E-state index >= 15 is 0 Å². The molecule has 0 aliphatic rings. The molecule has 0 aliphatic carbocycles. The van der Waals surface area contributed by atoms with Gasteiger partial charge >= 0.3 is 0 Å². The van der Waals surface area contributed by atoms with Crippen molar-refractivity contribution in [1.82, 2.24) is 0 Å². The number of carbonyl (C=O) groups is 1. The van der Waals surface area contributed by atoms with E-state index in [9.17, 15) is 4.79 Å². The van der Waals surface area contributed by atoms with Gasteiger partial charge in [0.05, 0.1) is 20.3 Å². The van der Waals surface area contributed by atoms with E-state index in [0.717, 1.165) is 11.3 Å². The molecular weight excluding hydrogens is 332 g/mol. The number of rotatable bonds is 10. The third-order valence-corrected chi connectivity index (χ3v) is 3.59. The van der Waals surface area contributed by atoms with Crippen molar-refractivity contribution in [2.75, 3.05) is 34.0 Å². The maximum absolute atomic E-state index is 12.4. The third-order valence-electron chi connectivity index (χ3n) is 3.59. The van der Waals surface area contributed by atoms with Gasteiger partial charge in [-0.25, -0.2) is 0 Å². The minimum Gasteiger partial charge on any atom is -0.494 e. The number of hydrogen-bond acceptors (Lipinski definition) is 5. The molecule has 0 heterocycles. The Labute approximate surface area is 154 Å². The van der Waals surface area contributed by atoms with Crippen LogP contribution in [-0.4, -0.2) is 39.8 Å². The number of hydrogen-bond donors (Lipinski definition) is 0. The van der Waals surface area contributed by atoms with Gasteiger partial charge in [-0.05, 0) is 48.9 Å². The van der Waals surface area contributed by atoms with Gasteiger partial charge in [0.15, 0.2) is 17.3 Å². The first-order chi connectivity index (χ1) is 12.7. The molecule has 0 N–H and O–H groups in total. The lowest BCUT2D eigenvalue weighted by Gasteiger charge is -2.11. The van der Waals surface area contributed by atoms with Crippen molar-refractivity contribution in [2.24, 2.45) is 0 Å². The topological polar surface area (TPSA) is 54.0 Å². The van der Waals surface area contributed by atoms with E-state index in [1.165, 1.54) is 6.08 Å². The van der Waals surface area contributed by atoms with Crippen molar-refractivity contribution in [1.29, 1.82) is 0 Å². The van der Waals surface area contributed by atoms with Crippen molar-refractivity contribution < 1.29 is 23.7 Å². The Balaban J connectivity index is 2.10. The van der Waals surface area contributed by atoms with Crippen molar-refractivity contribution in [3.05, 3.63) is 59.7 Å². The molecule has 0 fully saturated rings. The van der Waals surface area contributed by atoms with Gasteiger partial charge in [-0.1, -0.05) is 18.2 Å². The first-order valence-corrected chi connectivity index (χ1v) is 8.43. The molecule has 2 aromatic rings. The second-order valence-corrected chi connectivity index (χ2v) is 5.41. The summed E-state index contributed by atoms with van der Waals surface area (Å²) in [6.45, 7) is 3.43. The van der Waals surface area contributed by atoms with Crippen LogP contribution in [0.3, 0.4) is 0 Å². The molecule has 0 atom stereocenters. The maximum Gasteiger partial charge on any atom is 0.185 e. The highest BCUT2D eigenvalue weighted by molar-refractivity contribution is 6.07. The lowest BCUT2D eigenvalue weighted by molar-refractivity contribution is 0.104. The molecule has 5 heteroatoms. The minimum atomic E-state index is -0.117. The molecule has 0 spiro atoms. The van der Waals surface area contributed by atoms with Crippen molar-refractivity contribution in [3.63, 3.8) is 0 Å². The molecule has 0 amide bonds. The highest BCUT2D eigenvalue weighted by Crippen LogP contribution is 2.28. The molecule has 138 valence electrons. The molecule has 5 nitrogen and oxygen atoms in total. The summed E-state index contributed by atoms with van der Waals surface area (Å²) in [6, 6.07) is 12.7. The molecular formula is C21H24O5. The summed E-state index contributed by atoms with van der Waals surface area (Å²) in [5.74, 6) is 1.75. The van der Waals surface area contributed by atoms with Gasteiger partial charge < -0.3 is 18.9 Å². The SMILES string of the molecule is CCOc1cccc(C=CC(=O)c2ccc(OCCOC)c(OC)c2)c1. The van der Waals surface area contributed by atoms with E-state index in [0.29, 0.717) is 36.9 Å². The fraction of sp³-hybridized carbons (Fsp3) is 0.286. The summed E-state index contributed by atoms with van der Waals surface area (Å²) in [6.07, 6.45) is 3.30. The molecule has 0 radical (unpaired) electrons. The Morgan fingerprint density at radius 2 is 1.85 bits per heavy atom. The first-order valence-electron chi connectivity index (χ1n) is 8.43. The predicted molar refractivity (Wildman–Crippen MR) is 101 cm³/mol. The number of methoxy groups -OCH3 is 2. The summed E-state index contributed by atoms with van der Waals surface area (Å²) >= 11 is 0. The quantitative estimate of drug-likeness (QED) is 0.366. The molecule has 0 bridgehead atoms. The first kappa shape index (κ1) is 19.5. The largest absolute Gasteiger partial charge is 0.494 e. The summed E-state index contributed by atoms with van der Waals surface area (Å²) < 4.78 is 21.3. The van der Waals surface area contributed by atoms with Gasteiger partial charge in [-0.2, -0.15) is 0 Å². The summed E-state index contributed by atoms with van der Waals surface area (Å²) in [5, 5.41) is 0. The van der Waals surface area contributed by atoms with Gasteiger partial charge in [0.2, 0.25) is 0 Å². The number of ether oxygens (including phenoxy) is 4. The molecule has 2 aromatic carbocycles. The Morgan fingerprint density at radius 3 is 2.58 bits per heavy atom. The van der Waals surface area contributed by atoms with Crippen molar-refractivity contribution >= 4 is 11.9 Å². The molecule has 0 unspecified atom stereocenters. The van der Waals surface area contributed by atoms with Gasteiger partial charge in [0.1, 0.15) is 12.4 Å². The smallest absolute Gasteiger partial charge is 0.185 e. The lowest BCUT2D eigenvalue weighted by atomic mass is 10.1. The molecule has 0 aliphatic heterocycles. The Kier molecular flexibility index (Phi) is 7.71. The van der Waals surface area contributed by atoms with E-state index in [1.54, 1.807) is 38.5 Å². The van der Waals surface area contributed by atoms with E-state index in [2.05, 4.69) is 0 Å².